The number of nitrogens with one attached hydrogen (secondary N) is 1. The third kappa shape index (κ3) is 4.27. The van der Waals surface area contributed by atoms with Crippen LogP contribution in [0.25, 0.3) is 0 Å². The first-order chi connectivity index (χ1) is 10.0. The van der Waals surface area contributed by atoms with E-state index >= 15 is 0 Å². The molecule has 0 saturated heterocycles. The van der Waals surface area contributed by atoms with Gasteiger partial charge in [-0.1, -0.05) is 32.9 Å². The van der Waals surface area contributed by atoms with Gasteiger partial charge in [-0.25, -0.2) is 4.39 Å². The van der Waals surface area contributed by atoms with Crippen LogP contribution in [0.3, 0.4) is 0 Å². The van der Waals surface area contributed by atoms with E-state index in [0.29, 0.717) is 12.2 Å². The first-order valence-electron chi connectivity index (χ1n) is 8.17. The molecule has 0 aliphatic rings. The van der Waals surface area contributed by atoms with Gasteiger partial charge in [0.2, 0.25) is 0 Å². The topological polar surface area (TPSA) is 21.3 Å². The molecule has 0 radical (unpaired) electrons. The molecule has 0 aromatic heterocycles. The van der Waals surface area contributed by atoms with Gasteiger partial charge in [-0.05, 0) is 56.8 Å². The summed E-state index contributed by atoms with van der Waals surface area (Å²) in [5.74, 6) is -0.150. The van der Waals surface area contributed by atoms with E-state index in [1.54, 1.807) is 6.07 Å². The van der Waals surface area contributed by atoms with Gasteiger partial charge in [0.25, 0.3) is 0 Å². The number of hydrogen-bond acceptors (Lipinski definition) is 2. The van der Waals surface area contributed by atoms with Crippen LogP contribution < -0.4 is 5.32 Å². The lowest BCUT2D eigenvalue weighted by atomic mass is 9.83. The summed E-state index contributed by atoms with van der Waals surface area (Å²) >= 11 is 0. The predicted octanol–water partition coefficient (Wildman–Crippen LogP) is 4.77. The van der Waals surface area contributed by atoms with Crippen molar-refractivity contribution in [3.8, 4) is 0 Å². The number of aryl methyl sites for hydroxylation is 1. The Morgan fingerprint density at radius 3 is 2.33 bits per heavy atom. The van der Waals surface area contributed by atoms with Gasteiger partial charge in [0.15, 0.2) is 0 Å². The molecule has 1 unspecified atom stereocenters. The summed E-state index contributed by atoms with van der Waals surface area (Å²) in [6, 6.07) is 5.48. The van der Waals surface area contributed by atoms with Crippen LogP contribution in [0, 0.1) is 12.7 Å². The maximum Gasteiger partial charge on any atom is 0.126 e. The van der Waals surface area contributed by atoms with Gasteiger partial charge in [0, 0.05) is 6.61 Å². The number of benzene rings is 1. The van der Waals surface area contributed by atoms with Crippen molar-refractivity contribution in [3.05, 3.63) is 35.1 Å². The molecule has 0 amide bonds. The molecule has 0 heterocycles. The van der Waals surface area contributed by atoms with Gasteiger partial charge < -0.3 is 10.1 Å². The Morgan fingerprint density at radius 1 is 1.19 bits per heavy atom. The van der Waals surface area contributed by atoms with Crippen molar-refractivity contribution < 1.29 is 9.13 Å². The summed E-state index contributed by atoms with van der Waals surface area (Å²) in [7, 11) is 0. The van der Waals surface area contributed by atoms with Crippen LogP contribution in [0.4, 0.5) is 4.39 Å². The quantitative estimate of drug-likeness (QED) is 0.708. The Hall–Kier alpha value is -0.930. The highest BCUT2D eigenvalue weighted by Gasteiger charge is 2.37. The van der Waals surface area contributed by atoms with Crippen LogP contribution in [-0.2, 0) is 4.74 Å². The largest absolute Gasteiger partial charge is 0.373 e. The lowest BCUT2D eigenvalue weighted by molar-refractivity contribution is -0.0733. The Morgan fingerprint density at radius 2 is 1.86 bits per heavy atom. The first kappa shape index (κ1) is 18.1. The fourth-order valence-corrected chi connectivity index (χ4v) is 2.98. The fraction of sp³-hybridized carbons (Fsp3) is 0.667. The molecule has 0 saturated carbocycles. The SMILES string of the molecule is CCCNC(c1ccc(F)c(C)c1)C(CC)(CC)OCC. The summed E-state index contributed by atoms with van der Waals surface area (Å²) in [4.78, 5) is 0. The van der Waals surface area contributed by atoms with Crippen molar-refractivity contribution in [2.75, 3.05) is 13.2 Å². The molecule has 0 aliphatic heterocycles. The van der Waals surface area contributed by atoms with Crippen molar-refractivity contribution in [2.45, 2.75) is 65.5 Å². The number of rotatable bonds is 9. The standard InChI is InChI=1S/C18H30FNO/c1-6-12-20-17(18(7-2,8-3)21-9-4)15-10-11-16(19)14(5)13-15/h10-11,13,17,20H,6-9,12H2,1-5H3. The van der Waals surface area contributed by atoms with Crippen molar-refractivity contribution in [3.63, 3.8) is 0 Å². The average molecular weight is 295 g/mol. The fourth-order valence-electron chi connectivity index (χ4n) is 2.98. The lowest BCUT2D eigenvalue weighted by Gasteiger charge is -2.40. The minimum Gasteiger partial charge on any atom is -0.373 e. The average Bonchev–Trinajstić information content (AvgIpc) is 2.49. The molecule has 0 fully saturated rings. The Balaban J connectivity index is 3.21. The molecule has 0 aliphatic carbocycles. The molecule has 1 aromatic rings. The van der Waals surface area contributed by atoms with E-state index in [-0.39, 0.29) is 17.5 Å². The molecule has 2 nitrogen and oxygen atoms in total. The van der Waals surface area contributed by atoms with E-state index in [1.807, 2.05) is 26.0 Å². The lowest BCUT2D eigenvalue weighted by Crippen LogP contribution is -2.46. The zero-order valence-electron chi connectivity index (χ0n) is 14.1. The molecule has 1 rings (SSSR count). The van der Waals surface area contributed by atoms with E-state index in [2.05, 4.69) is 26.1 Å². The van der Waals surface area contributed by atoms with Gasteiger partial charge in [-0.2, -0.15) is 0 Å². The molecule has 1 N–H and O–H groups in total. The van der Waals surface area contributed by atoms with Crippen LogP contribution in [-0.4, -0.2) is 18.8 Å². The molecule has 1 aromatic carbocycles. The van der Waals surface area contributed by atoms with Crippen LogP contribution in [0.15, 0.2) is 18.2 Å². The molecule has 0 spiro atoms. The first-order valence-corrected chi connectivity index (χ1v) is 8.17. The molecule has 3 heteroatoms. The highest BCUT2D eigenvalue weighted by Crippen LogP contribution is 2.36. The van der Waals surface area contributed by atoms with E-state index in [4.69, 9.17) is 4.74 Å². The van der Waals surface area contributed by atoms with Gasteiger partial charge in [-0.3, -0.25) is 0 Å². The molecule has 21 heavy (non-hydrogen) atoms. The van der Waals surface area contributed by atoms with Gasteiger partial charge in [0.1, 0.15) is 5.82 Å². The minimum absolute atomic E-state index is 0.0895. The maximum atomic E-state index is 13.6. The monoisotopic (exact) mass is 295 g/mol. The molecule has 1 atom stereocenters. The molecule has 0 bridgehead atoms. The normalized spacial score (nSPS) is 13.4. The Kier molecular flexibility index (Phi) is 7.33. The molecular formula is C18H30FNO. The van der Waals surface area contributed by atoms with E-state index in [9.17, 15) is 4.39 Å². The van der Waals surface area contributed by atoms with Gasteiger partial charge in [0.05, 0.1) is 11.6 Å². The third-order valence-corrected chi connectivity index (χ3v) is 4.27. The van der Waals surface area contributed by atoms with Crippen LogP contribution in [0.2, 0.25) is 0 Å². The molecular weight excluding hydrogens is 265 g/mol. The Bertz CT molecular complexity index is 429. The second-order valence-electron chi connectivity index (χ2n) is 5.60. The van der Waals surface area contributed by atoms with E-state index in [1.165, 1.54) is 0 Å². The zero-order valence-corrected chi connectivity index (χ0v) is 14.1. The van der Waals surface area contributed by atoms with Crippen molar-refractivity contribution in [1.29, 1.82) is 0 Å². The summed E-state index contributed by atoms with van der Waals surface area (Å²) < 4.78 is 19.7. The number of ether oxygens (including phenoxy) is 1. The highest BCUT2D eigenvalue weighted by atomic mass is 19.1. The Labute approximate surface area is 129 Å². The van der Waals surface area contributed by atoms with E-state index in [0.717, 1.165) is 31.4 Å². The van der Waals surface area contributed by atoms with Crippen molar-refractivity contribution in [1.82, 2.24) is 5.32 Å². The van der Waals surface area contributed by atoms with Crippen molar-refractivity contribution in [2.24, 2.45) is 0 Å². The predicted molar refractivity (Wildman–Crippen MR) is 87.1 cm³/mol. The van der Waals surface area contributed by atoms with E-state index < -0.39 is 0 Å². The third-order valence-electron chi connectivity index (χ3n) is 4.27. The van der Waals surface area contributed by atoms with Crippen LogP contribution in [0.5, 0.6) is 0 Å². The summed E-state index contributed by atoms with van der Waals surface area (Å²) in [5.41, 5.74) is 1.56. The van der Waals surface area contributed by atoms with Crippen LogP contribution in [0.1, 0.15) is 64.1 Å². The number of hydrogen-bond donors (Lipinski definition) is 1. The van der Waals surface area contributed by atoms with Gasteiger partial charge in [-0.15, -0.1) is 0 Å². The number of halogens is 1. The summed E-state index contributed by atoms with van der Waals surface area (Å²) in [5, 5.41) is 3.61. The van der Waals surface area contributed by atoms with Crippen molar-refractivity contribution >= 4 is 0 Å². The summed E-state index contributed by atoms with van der Waals surface area (Å²) in [6.07, 6.45) is 2.91. The minimum atomic E-state index is -0.242. The molecule has 120 valence electrons. The summed E-state index contributed by atoms with van der Waals surface area (Å²) in [6.45, 7) is 11.9. The second-order valence-corrected chi connectivity index (χ2v) is 5.60. The smallest absolute Gasteiger partial charge is 0.126 e. The zero-order chi connectivity index (χ0) is 15.9. The maximum absolute atomic E-state index is 13.6. The highest BCUT2D eigenvalue weighted by molar-refractivity contribution is 5.28. The van der Waals surface area contributed by atoms with Crippen LogP contribution >= 0.6 is 0 Å². The second kappa shape index (κ2) is 8.50. The van der Waals surface area contributed by atoms with Gasteiger partial charge >= 0.3 is 0 Å².